The van der Waals surface area contributed by atoms with E-state index in [0.717, 1.165) is 14.7 Å². The SMILES string of the molecule is CCOc1cc(/C=C2/NC(=O)N(Cc3cccc(C)c3)C2=O)cc(I)c1OCc1cccc(F)c1. The van der Waals surface area contributed by atoms with E-state index in [1.54, 1.807) is 24.3 Å². The lowest BCUT2D eigenvalue weighted by atomic mass is 10.1. The van der Waals surface area contributed by atoms with Crippen molar-refractivity contribution in [1.29, 1.82) is 0 Å². The third kappa shape index (κ3) is 6.00. The maximum Gasteiger partial charge on any atom is 0.329 e. The van der Waals surface area contributed by atoms with E-state index < -0.39 is 11.9 Å². The third-order valence-corrected chi connectivity index (χ3v) is 6.10. The Morgan fingerprint density at radius 2 is 1.80 bits per heavy atom. The standard InChI is InChI=1S/C27H24FIN2O4/c1-3-34-24-14-20(12-22(29)25(24)35-16-19-8-5-9-21(28)11-19)13-23-26(32)31(27(33)30-23)15-18-7-4-6-17(2)10-18/h4-14H,3,15-16H2,1-2H3,(H,30,33)/b23-13+. The molecule has 1 aliphatic heterocycles. The van der Waals surface area contributed by atoms with Gasteiger partial charge in [0.2, 0.25) is 0 Å². The number of hydrogen-bond donors (Lipinski definition) is 1. The van der Waals surface area contributed by atoms with E-state index in [1.807, 2.05) is 44.2 Å². The van der Waals surface area contributed by atoms with Gasteiger partial charge in [0.1, 0.15) is 18.1 Å². The van der Waals surface area contributed by atoms with Crippen molar-refractivity contribution < 1.29 is 23.5 Å². The van der Waals surface area contributed by atoms with Crippen LogP contribution in [-0.2, 0) is 17.9 Å². The number of aryl methyl sites for hydroxylation is 1. The van der Waals surface area contributed by atoms with Crippen molar-refractivity contribution >= 4 is 40.6 Å². The lowest BCUT2D eigenvalue weighted by Gasteiger charge is -2.15. The molecule has 0 unspecified atom stereocenters. The van der Waals surface area contributed by atoms with Crippen molar-refractivity contribution in [3.8, 4) is 11.5 Å². The van der Waals surface area contributed by atoms with E-state index in [2.05, 4.69) is 27.9 Å². The summed E-state index contributed by atoms with van der Waals surface area (Å²) >= 11 is 2.13. The molecular formula is C27H24FIN2O4. The number of imide groups is 1. The fourth-order valence-corrected chi connectivity index (χ4v) is 4.51. The minimum Gasteiger partial charge on any atom is -0.490 e. The number of rotatable bonds is 8. The monoisotopic (exact) mass is 586 g/mol. The second kappa shape index (κ2) is 10.9. The number of halogens is 2. The highest BCUT2D eigenvalue weighted by Crippen LogP contribution is 2.36. The first-order valence-corrected chi connectivity index (χ1v) is 12.2. The van der Waals surface area contributed by atoms with Gasteiger partial charge in [-0.25, -0.2) is 9.18 Å². The van der Waals surface area contributed by atoms with Gasteiger partial charge in [-0.05, 0) is 83.5 Å². The zero-order valence-electron chi connectivity index (χ0n) is 19.3. The van der Waals surface area contributed by atoms with Gasteiger partial charge in [-0.1, -0.05) is 42.0 Å². The molecule has 6 nitrogen and oxygen atoms in total. The molecule has 1 heterocycles. The molecule has 0 atom stereocenters. The Hall–Kier alpha value is -3.40. The number of hydrogen-bond acceptors (Lipinski definition) is 4. The normalized spacial score (nSPS) is 14.4. The summed E-state index contributed by atoms with van der Waals surface area (Å²) in [5.41, 5.74) is 3.50. The van der Waals surface area contributed by atoms with Crippen molar-refractivity contribution in [2.75, 3.05) is 6.61 Å². The van der Waals surface area contributed by atoms with E-state index >= 15 is 0 Å². The van der Waals surface area contributed by atoms with E-state index in [0.29, 0.717) is 29.2 Å². The number of nitrogens with zero attached hydrogens (tertiary/aromatic N) is 1. The van der Waals surface area contributed by atoms with Crippen LogP contribution in [0.3, 0.4) is 0 Å². The zero-order valence-corrected chi connectivity index (χ0v) is 21.5. The molecule has 8 heteroatoms. The Morgan fingerprint density at radius 3 is 2.54 bits per heavy atom. The van der Waals surface area contributed by atoms with Crippen LogP contribution in [0.1, 0.15) is 29.2 Å². The first kappa shape index (κ1) is 24.7. The predicted octanol–water partition coefficient (Wildman–Crippen LogP) is 5.81. The van der Waals surface area contributed by atoms with Crippen molar-refractivity contribution in [3.05, 3.63) is 98.0 Å². The number of ether oxygens (including phenoxy) is 2. The highest BCUT2D eigenvalue weighted by Gasteiger charge is 2.33. The van der Waals surface area contributed by atoms with E-state index in [4.69, 9.17) is 9.47 Å². The lowest BCUT2D eigenvalue weighted by Crippen LogP contribution is -2.30. The Bertz CT molecular complexity index is 1310. The summed E-state index contributed by atoms with van der Waals surface area (Å²) in [6, 6.07) is 17.0. The Kier molecular flexibility index (Phi) is 7.70. The van der Waals surface area contributed by atoms with Crippen molar-refractivity contribution in [2.24, 2.45) is 0 Å². The number of urea groups is 1. The Labute approximate surface area is 216 Å². The minimum absolute atomic E-state index is 0.177. The van der Waals surface area contributed by atoms with Gasteiger partial charge in [-0.3, -0.25) is 9.69 Å². The van der Waals surface area contributed by atoms with E-state index in [9.17, 15) is 14.0 Å². The summed E-state index contributed by atoms with van der Waals surface area (Å²) in [4.78, 5) is 26.6. The maximum absolute atomic E-state index is 13.5. The van der Waals surface area contributed by atoms with Gasteiger partial charge in [0.05, 0.1) is 16.7 Å². The van der Waals surface area contributed by atoms with Crippen LogP contribution in [0.15, 0.2) is 66.4 Å². The van der Waals surface area contributed by atoms with Gasteiger partial charge in [-0.15, -0.1) is 0 Å². The van der Waals surface area contributed by atoms with Gasteiger partial charge in [-0.2, -0.15) is 0 Å². The fraction of sp³-hybridized carbons (Fsp3) is 0.185. The quantitative estimate of drug-likeness (QED) is 0.206. The average Bonchev–Trinajstić information content (AvgIpc) is 3.06. The summed E-state index contributed by atoms with van der Waals surface area (Å²) in [7, 11) is 0. The van der Waals surface area contributed by atoms with Crippen LogP contribution in [0.5, 0.6) is 11.5 Å². The van der Waals surface area contributed by atoms with Crippen LogP contribution in [0, 0.1) is 16.3 Å². The number of benzene rings is 3. The molecule has 0 aromatic heterocycles. The van der Waals surface area contributed by atoms with E-state index in [-0.39, 0.29) is 24.7 Å². The van der Waals surface area contributed by atoms with Crippen LogP contribution < -0.4 is 14.8 Å². The maximum atomic E-state index is 13.5. The lowest BCUT2D eigenvalue weighted by molar-refractivity contribution is -0.123. The molecule has 3 aromatic carbocycles. The predicted molar refractivity (Wildman–Crippen MR) is 139 cm³/mol. The summed E-state index contributed by atoms with van der Waals surface area (Å²) in [6.07, 6.45) is 1.62. The topological polar surface area (TPSA) is 67.9 Å². The molecule has 1 N–H and O–H groups in total. The molecule has 1 fully saturated rings. The van der Waals surface area contributed by atoms with Crippen molar-refractivity contribution in [2.45, 2.75) is 27.0 Å². The molecule has 180 valence electrons. The molecular weight excluding hydrogens is 562 g/mol. The minimum atomic E-state index is -0.461. The molecule has 0 spiro atoms. The highest BCUT2D eigenvalue weighted by atomic mass is 127. The molecule has 3 aromatic rings. The molecule has 1 aliphatic rings. The van der Waals surface area contributed by atoms with Crippen LogP contribution in [0.2, 0.25) is 0 Å². The highest BCUT2D eigenvalue weighted by molar-refractivity contribution is 14.1. The zero-order chi connectivity index (χ0) is 24.9. The van der Waals surface area contributed by atoms with Crippen LogP contribution in [0.25, 0.3) is 6.08 Å². The van der Waals surface area contributed by atoms with E-state index in [1.165, 1.54) is 17.0 Å². The smallest absolute Gasteiger partial charge is 0.329 e. The molecule has 0 radical (unpaired) electrons. The second-order valence-electron chi connectivity index (χ2n) is 8.05. The molecule has 0 bridgehead atoms. The largest absolute Gasteiger partial charge is 0.490 e. The first-order valence-electron chi connectivity index (χ1n) is 11.1. The first-order chi connectivity index (χ1) is 16.8. The molecule has 35 heavy (non-hydrogen) atoms. The van der Waals surface area contributed by atoms with Crippen molar-refractivity contribution in [3.63, 3.8) is 0 Å². The van der Waals surface area contributed by atoms with Gasteiger partial charge < -0.3 is 14.8 Å². The average molecular weight is 586 g/mol. The van der Waals surface area contributed by atoms with Gasteiger partial charge in [0, 0.05) is 0 Å². The number of nitrogens with one attached hydrogen (secondary N) is 1. The molecule has 4 rings (SSSR count). The number of amides is 3. The summed E-state index contributed by atoms with van der Waals surface area (Å²) in [6.45, 7) is 4.60. The Morgan fingerprint density at radius 1 is 1.03 bits per heavy atom. The molecule has 0 saturated carbocycles. The van der Waals surface area contributed by atoms with Gasteiger partial charge in [0.25, 0.3) is 5.91 Å². The van der Waals surface area contributed by atoms with Crippen molar-refractivity contribution in [1.82, 2.24) is 10.2 Å². The van der Waals surface area contributed by atoms with Crippen LogP contribution >= 0.6 is 22.6 Å². The molecule has 3 amide bonds. The summed E-state index contributed by atoms with van der Waals surface area (Å²) < 4.78 is 26.0. The van der Waals surface area contributed by atoms with Crippen LogP contribution in [0.4, 0.5) is 9.18 Å². The number of carbonyl (C=O) groups excluding carboxylic acids is 2. The summed E-state index contributed by atoms with van der Waals surface area (Å²) in [5, 5.41) is 2.66. The molecule has 0 aliphatic carbocycles. The van der Waals surface area contributed by atoms with Gasteiger partial charge in [0.15, 0.2) is 11.5 Å². The van der Waals surface area contributed by atoms with Crippen LogP contribution in [-0.4, -0.2) is 23.4 Å². The van der Waals surface area contributed by atoms with Gasteiger partial charge >= 0.3 is 6.03 Å². The molecule has 1 saturated heterocycles. The Balaban J connectivity index is 1.55. The fourth-order valence-electron chi connectivity index (χ4n) is 3.73. The third-order valence-electron chi connectivity index (χ3n) is 5.30. The second-order valence-corrected chi connectivity index (χ2v) is 9.21. The summed E-state index contributed by atoms with van der Waals surface area (Å²) in [5.74, 6) is 0.307. The number of carbonyl (C=O) groups is 2.